The molecular formula is C12H6ClF2NO2. The SMILES string of the molecule is O=[N+]([O-])c1c(Cl)cccc1-c1ccc(F)c(F)c1. The van der Waals surface area contributed by atoms with Crippen molar-refractivity contribution in [1.82, 2.24) is 0 Å². The molecule has 0 spiro atoms. The second-order valence-corrected chi connectivity index (χ2v) is 3.93. The molecule has 0 amide bonds. The number of benzene rings is 2. The second-order valence-electron chi connectivity index (χ2n) is 3.52. The number of halogens is 3. The van der Waals surface area contributed by atoms with Crippen LogP contribution in [0.3, 0.4) is 0 Å². The Morgan fingerprint density at radius 1 is 1.11 bits per heavy atom. The maximum Gasteiger partial charge on any atom is 0.295 e. The molecular weight excluding hydrogens is 264 g/mol. The number of para-hydroxylation sites is 1. The Morgan fingerprint density at radius 2 is 1.83 bits per heavy atom. The summed E-state index contributed by atoms with van der Waals surface area (Å²) in [7, 11) is 0. The van der Waals surface area contributed by atoms with Gasteiger partial charge in [0.2, 0.25) is 0 Å². The molecule has 2 aromatic rings. The predicted molar refractivity (Wildman–Crippen MR) is 63.5 cm³/mol. The summed E-state index contributed by atoms with van der Waals surface area (Å²) >= 11 is 5.74. The van der Waals surface area contributed by atoms with Crippen LogP contribution >= 0.6 is 11.6 Å². The van der Waals surface area contributed by atoms with Crippen LogP contribution in [0.1, 0.15) is 0 Å². The lowest BCUT2D eigenvalue weighted by Crippen LogP contribution is -1.94. The highest BCUT2D eigenvalue weighted by atomic mass is 35.5. The zero-order valence-corrected chi connectivity index (χ0v) is 9.62. The molecule has 0 saturated carbocycles. The van der Waals surface area contributed by atoms with Crippen molar-refractivity contribution >= 4 is 17.3 Å². The third-order valence-corrected chi connectivity index (χ3v) is 2.70. The summed E-state index contributed by atoms with van der Waals surface area (Å²) < 4.78 is 25.9. The van der Waals surface area contributed by atoms with E-state index in [1.165, 1.54) is 24.3 Å². The summed E-state index contributed by atoms with van der Waals surface area (Å²) in [5, 5.41) is 10.9. The number of nitro groups is 1. The zero-order valence-electron chi connectivity index (χ0n) is 8.86. The van der Waals surface area contributed by atoms with E-state index in [1.807, 2.05) is 0 Å². The van der Waals surface area contributed by atoms with Crippen molar-refractivity contribution in [3.63, 3.8) is 0 Å². The molecule has 0 aliphatic carbocycles. The van der Waals surface area contributed by atoms with Crippen LogP contribution in [0.5, 0.6) is 0 Å². The second kappa shape index (κ2) is 4.70. The van der Waals surface area contributed by atoms with Crippen molar-refractivity contribution in [2.45, 2.75) is 0 Å². The normalized spacial score (nSPS) is 10.4. The van der Waals surface area contributed by atoms with E-state index in [4.69, 9.17) is 11.6 Å². The van der Waals surface area contributed by atoms with Crippen LogP contribution in [0.4, 0.5) is 14.5 Å². The first-order chi connectivity index (χ1) is 8.50. The Hall–Kier alpha value is -2.01. The maximum atomic E-state index is 13.1. The summed E-state index contributed by atoms with van der Waals surface area (Å²) in [6.07, 6.45) is 0. The molecule has 18 heavy (non-hydrogen) atoms. The fourth-order valence-electron chi connectivity index (χ4n) is 1.60. The van der Waals surface area contributed by atoms with Crippen molar-refractivity contribution < 1.29 is 13.7 Å². The molecule has 0 heterocycles. The number of rotatable bonds is 2. The standard InChI is InChI=1S/C12H6ClF2NO2/c13-9-3-1-2-8(12(9)16(17)18)7-4-5-10(14)11(15)6-7/h1-6H. The van der Waals surface area contributed by atoms with Gasteiger partial charge in [0.05, 0.1) is 10.5 Å². The van der Waals surface area contributed by atoms with E-state index >= 15 is 0 Å². The van der Waals surface area contributed by atoms with Gasteiger partial charge in [0.1, 0.15) is 5.02 Å². The Morgan fingerprint density at radius 3 is 2.44 bits per heavy atom. The minimum atomic E-state index is -1.07. The van der Waals surface area contributed by atoms with Gasteiger partial charge in [-0.2, -0.15) is 0 Å². The lowest BCUT2D eigenvalue weighted by molar-refractivity contribution is -0.384. The molecule has 0 N–H and O–H groups in total. The molecule has 0 aromatic heterocycles. The number of hydrogen-bond donors (Lipinski definition) is 0. The van der Waals surface area contributed by atoms with Gasteiger partial charge in [-0.05, 0) is 29.8 Å². The summed E-state index contributed by atoms with van der Waals surface area (Å²) in [5.74, 6) is -2.08. The van der Waals surface area contributed by atoms with E-state index in [1.54, 1.807) is 0 Å². The van der Waals surface area contributed by atoms with E-state index in [9.17, 15) is 18.9 Å². The fraction of sp³-hybridized carbons (Fsp3) is 0. The van der Waals surface area contributed by atoms with E-state index in [0.29, 0.717) is 0 Å². The Kier molecular flexibility index (Phi) is 3.25. The lowest BCUT2D eigenvalue weighted by atomic mass is 10.0. The third-order valence-electron chi connectivity index (χ3n) is 2.40. The van der Waals surface area contributed by atoms with Gasteiger partial charge in [-0.1, -0.05) is 23.7 Å². The highest BCUT2D eigenvalue weighted by Gasteiger charge is 2.20. The van der Waals surface area contributed by atoms with Crippen LogP contribution in [-0.4, -0.2) is 4.92 Å². The monoisotopic (exact) mass is 269 g/mol. The van der Waals surface area contributed by atoms with Crippen molar-refractivity contribution in [3.8, 4) is 11.1 Å². The van der Waals surface area contributed by atoms with Crippen LogP contribution in [0.25, 0.3) is 11.1 Å². The van der Waals surface area contributed by atoms with E-state index in [0.717, 1.165) is 12.1 Å². The smallest absolute Gasteiger partial charge is 0.258 e. The summed E-state index contributed by atoms with van der Waals surface area (Å²) in [6.45, 7) is 0. The topological polar surface area (TPSA) is 43.1 Å². The predicted octanol–water partition coefficient (Wildman–Crippen LogP) is 4.19. The molecule has 0 saturated heterocycles. The Bertz CT molecular complexity index is 631. The molecule has 0 unspecified atom stereocenters. The van der Waals surface area contributed by atoms with Crippen molar-refractivity contribution in [1.29, 1.82) is 0 Å². The number of nitrogens with zero attached hydrogens (tertiary/aromatic N) is 1. The molecule has 92 valence electrons. The lowest BCUT2D eigenvalue weighted by Gasteiger charge is -2.05. The molecule has 2 rings (SSSR count). The van der Waals surface area contributed by atoms with Crippen LogP contribution in [0.15, 0.2) is 36.4 Å². The Labute approximate surface area is 106 Å². The fourth-order valence-corrected chi connectivity index (χ4v) is 1.84. The highest BCUT2D eigenvalue weighted by Crippen LogP contribution is 2.35. The number of hydrogen-bond acceptors (Lipinski definition) is 2. The van der Waals surface area contributed by atoms with E-state index in [-0.39, 0.29) is 21.8 Å². The van der Waals surface area contributed by atoms with Gasteiger partial charge < -0.3 is 0 Å². The Balaban J connectivity index is 2.67. The van der Waals surface area contributed by atoms with Gasteiger partial charge >= 0.3 is 0 Å². The molecule has 0 bridgehead atoms. The van der Waals surface area contributed by atoms with E-state index in [2.05, 4.69) is 0 Å². The molecule has 6 heteroatoms. The summed E-state index contributed by atoms with van der Waals surface area (Å²) in [4.78, 5) is 10.3. The largest absolute Gasteiger partial charge is 0.295 e. The molecule has 2 aromatic carbocycles. The van der Waals surface area contributed by atoms with Crippen molar-refractivity contribution in [2.24, 2.45) is 0 Å². The van der Waals surface area contributed by atoms with Gasteiger partial charge in [-0.25, -0.2) is 8.78 Å². The average molecular weight is 270 g/mol. The van der Waals surface area contributed by atoms with Gasteiger partial charge in [0.25, 0.3) is 5.69 Å². The minimum Gasteiger partial charge on any atom is -0.258 e. The van der Waals surface area contributed by atoms with Crippen LogP contribution < -0.4 is 0 Å². The van der Waals surface area contributed by atoms with E-state index < -0.39 is 16.6 Å². The first kappa shape index (κ1) is 12.4. The highest BCUT2D eigenvalue weighted by molar-refractivity contribution is 6.33. The van der Waals surface area contributed by atoms with Gasteiger partial charge in [-0.15, -0.1) is 0 Å². The summed E-state index contributed by atoms with van der Waals surface area (Å²) in [5.41, 5.74) is 0.0136. The van der Waals surface area contributed by atoms with Crippen molar-refractivity contribution in [3.05, 3.63) is 63.2 Å². The first-order valence-electron chi connectivity index (χ1n) is 4.89. The maximum absolute atomic E-state index is 13.1. The molecule has 3 nitrogen and oxygen atoms in total. The minimum absolute atomic E-state index is 0.0535. The van der Waals surface area contributed by atoms with Crippen molar-refractivity contribution in [2.75, 3.05) is 0 Å². The average Bonchev–Trinajstić information content (AvgIpc) is 2.32. The van der Waals surface area contributed by atoms with Gasteiger partial charge in [-0.3, -0.25) is 10.1 Å². The van der Waals surface area contributed by atoms with Crippen LogP contribution in [0.2, 0.25) is 5.02 Å². The molecule has 0 aliphatic rings. The van der Waals surface area contributed by atoms with Crippen LogP contribution in [-0.2, 0) is 0 Å². The molecule has 0 aliphatic heterocycles. The van der Waals surface area contributed by atoms with Gasteiger partial charge in [0.15, 0.2) is 11.6 Å². The zero-order chi connectivity index (χ0) is 13.3. The van der Waals surface area contributed by atoms with Gasteiger partial charge in [0, 0.05) is 0 Å². The third kappa shape index (κ3) is 2.17. The first-order valence-corrected chi connectivity index (χ1v) is 5.27. The molecule has 0 fully saturated rings. The molecule has 0 radical (unpaired) electrons. The number of nitro benzene ring substituents is 1. The van der Waals surface area contributed by atoms with Crippen LogP contribution in [0, 0.1) is 21.7 Å². The molecule has 0 atom stereocenters. The quantitative estimate of drug-likeness (QED) is 0.606. The summed E-state index contributed by atoms with van der Waals surface area (Å²) in [6, 6.07) is 7.37.